The van der Waals surface area contributed by atoms with Crippen molar-refractivity contribution in [3.05, 3.63) is 30.5 Å². The largest absolute Gasteiger partial charge is 0.470 e. The lowest BCUT2D eigenvalue weighted by Crippen LogP contribution is -2.55. The second-order valence-electron chi connectivity index (χ2n) is 9.59. The lowest BCUT2D eigenvalue weighted by atomic mass is 9.87. The van der Waals surface area contributed by atoms with Gasteiger partial charge in [0.1, 0.15) is 6.10 Å². The molecule has 2 saturated heterocycles. The van der Waals surface area contributed by atoms with Crippen molar-refractivity contribution in [3.8, 4) is 17.0 Å². The number of amides is 1. The predicted octanol–water partition coefficient (Wildman–Crippen LogP) is 3.71. The lowest BCUT2D eigenvalue weighted by molar-refractivity contribution is 0.0231. The van der Waals surface area contributed by atoms with Gasteiger partial charge in [-0.15, -0.1) is 0 Å². The Morgan fingerprint density at radius 2 is 1.82 bits per heavy atom. The van der Waals surface area contributed by atoms with Crippen molar-refractivity contribution < 1.29 is 19.4 Å². The van der Waals surface area contributed by atoms with Crippen molar-refractivity contribution in [1.82, 2.24) is 14.9 Å². The number of nitrogens with one attached hydrogen (secondary N) is 1. The Morgan fingerprint density at radius 3 is 2.50 bits per heavy atom. The zero-order valence-corrected chi connectivity index (χ0v) is 19.7. The zero-order chi connectivity index (χ0) is 23.5. The number of carboxylic acid groups (broad SMARTS) is 1. The van der Waals surface area contributed by atoms with Crippen LogP contribution in [0.2, 0.25) is 0 Å². The first-order valence-corrected chi connectivity index (χ1v) is 12.3. The first-order chi connectivity index (χ1) is 16.5. The van der Waals surface area contributed by atoms with Crippen LogP contribution in [0.25, 0.3) is 11.1 Å². The van der Waals surface area contributed by atoms with Crippen LogP contribution in [0, 0.1) is 5.92 Å². The van der Waals surface area contributed by atoms with Crippen molar-refractivity contribution in [3.63, 3.8) is 0 Å². The molecule has 0 radical (unpaired) electrons. The fourth-order valence-electron chi connectivity index (χ4n) is 4.81. The van der Waals surface area contributed by atoms with Crippen LogP contribution in [-0.4, -0.2) is 77.6 Å². The maximum absolute atomic E-state index is 11.2. The summed E-state index contributed by atoms with van der Waals surface area (Å²) in [5.74, 6) is 1.84. The van der Waals surface area contributed by atoms with Crippen LogP contribution in [0.4, 0.5) is 16.4 Å². The van der Waals surface area contributed by atoms with E-state index in [4.69, 9.17) is 19.6 Å². The molecule has 3 aliphatic rings. The highest BCUT2D eigenvalue weighted by atomic mass is 16.5. The van der Waals surface area contributed by atoms with Gasteiger partial charge in [-0.3, -0.25) is 0 Å². The molecular formula is C25H33N5O4. The van der Waals surface area contributed by atoms with Crippen LogP contribution in [-0.2, 0) is 4.74 Å². The number of likely N-dealkylation sites (tertiary alicyclic amines) is 1. The van der Waals surface area contributed by atoms with E-state index >= 15 is 0 Å². The summed E-state index contributed by atoms with van der Waals surface area (Å²) >= 11 is 0. The highest BCUT2D eigenvalue weighted by Gasteiger charge is 2.33. The molecule has 5 rings (SSSR count). The minimum absolute atomic E-state index is 0.208. The average molecular weight is 468 g/mol. The molecule has 0 spiro atoms. The highest BCUT2D eigenvalue weighted by molar-refractivity contribution is 5.71. The molecule has 3 heterocycles. The van der Waals surface area contributed by atoms with E-state index in [1.165, 1.54) is 17.7 Å². The molecule has 1 amide bonds. The molecule has 182 valence electrons. The van der Waals surface area contributed by atoms with E-state index in [-0.39, 0.29) is 6.10 Å². The molecule has 2 aromatic rings. The lowest BCUT2D eigenvalue weighted by Gasteiger charge is -2.36. The number of nitrogens with zero attached hydrogens (tertiary/aromatic N) is 4. The number of anilines is 2. The van der Waals surface area contributed by atoms with E-state index < -0.39 is 6.09 Å². The van der Waals surface area contributed by atoms with E-state index in [1.807, 2.05) is 6.20 Å². The first kappa shape index (κ1) is 22.7. The standard InChI is InChI=1S/C25H33N5O4/c1-17-2-6-19(7-3-17)27-24-26-14-22(23(28-24)34-21-15-30(16-21)25(31)32)18-4-8-20(9-5-18)29-10-12-33-13-11-29/h4-5,8-9,14,17,19,21H,2-3,6-7,10-13,15-16H2,1H3,(H,31,32)(H,26,27,28). The Morgan fingerprint density at radius 1 is 1.12 bits per heavy atom. The molecule has 3 fully saturated rings. The molecule has 0 bridgehead atoms. The number of rotatable bonds is 6. The van der Waals surface area contributed by atoms with Gasteiger partial charge in [-0.2, -0.15) is 4.98 Å². The summed E-state index contributed by atoms with van der Waals surface area (Å²) in [4.78, 5) is 24.1. The van der Waals surface area contributed by atoms with Crippen LogP contribution in [0.15, 0.2) is 30.5 Å². The van der Waals surface area contributed by atoms with Crippen molar-refractivity contribution in [1.29, 1.82) is 0 Å². The van der Waals surface area contributed by atoms with Crippen molar-refractivity contribution in [2.75, 3.05) is 49.6 Å². The van der Waals surface area contributed by atoms with Crippen LogP contribution in [0.1, 0.15) is 32.6 Å². The average Bonchev–Trinajstić information content (AvgIpc) is 2.83. The Labute approximate surface area is 200 Å². The van der Waals surface area contributed by atoms with Gasteiger partial charge in [0.15, 0.2) is 0 Å². The first-order valence-electron chi connectivity index (χ1n) is 12.3. The Kier molecular flexibility index (Phi) is 6.71. The fourth-order valence-corrected chi connectivity index (χ4v) is 4.81. The molecule has 0 atom stereocenters. The summed E-state index contributed by atoms with van der Waals surface area (Å²) in [7, 11) is 0. The van der Waals surface area contributed by atoms with E-state index in [1.54, 1.807) is 0 Å². The Hall–Kier alpha value is -3.07. The van der Waals surface area contributed by atoms with Crippen LogP contribution < -0.4 is 15.0 Å². The topological polar surface area (TPSA) is 100 Å². The molecule has 1 saturated carbocycles. The van der Waals surface area contributed by atoms with E-state index in [9.17, 15) is 4.79 Å². The predicted molar refractivity (Wildman–Crippen MR) is 130 cm³/mol. The van der Waals surface area contributed by atoms with Gasteiger partial charge in [0, 0.05) is 31.0 Å². The quantitative estimate of drug-likeness (QED) is 0.663. The van der Waals surface area contributed by atoms with E-state index in [2.05, 4.69) is 46.4 Å². The summed E-state index contributed by atoms with van der Waals surface area (Å²) in [5, 5.41) is 12.6. The minimum Gasteiger partial charge on any atom is -0.470 e. The second-order valence-corrected chi connectivity index (χ2v) is 9.59. The highest BCUT2D eigenvalue weighted by Crippen LogP contribution is 2.33. The third kappa shape index (κ3) is 5.19. The molecular weight excluding hydrogens is 434 g/mol. The van der Waals surface area contributed by atoms with Crippen LogP contribution >= 0.6 is 0 Å². The fraction of sp³-hybridized carbons (Fsp3) is 0.560. The number of aromatic nitrogens is 2. The maximum Gasteiger partial charge on any atom is 0.407 e. The summed E-state index contributed by atoms with van der Waals surface area (Å²) in [5.41, 5.74) is 2.95. The maximum atomic E-state index is 11.2. The number of ether oxygens (including phenoxy) is 2. The van der Waals surface area contributed by atoms with Gasteiger partial charge in [0.05, 0.1) is 31.9 Å². The molecule has 9 nitrogen and oxygen atoms in total. The summed E-state index contributed by atoms with van der Waals surface area (Å²) in [6, 6.07) is 8.71. The number of hydrogen-bond donors (Lipinski definition) is 2. The molecule has 1 aromatic carbocycles. The molecule has 1 aliphatic carbocycles. The zero-order valence-electron chi connectivity index (χ0n) is 19.7. The normalized spacial score (nSPS) is 23.3. The van der Waals surface area contributed by atoms with Gasteiger partial charge in [-0.1, -0.05) is 19.1 Å². The third-order valence-electron chi connectivity index (χ3n) is 7.05. The molecule has 2 aliphatic heterocycles. The molecule has 2 N–H and O–H groups in total. The molecule has 34 heavy (non-hydrogen) atoms. The summed E-state index contributed by atoms with van der Waals surface area (Å²) in [6.45, 7) is 6.26. The number of hydrogen-bond acceptors (Lipinski definition) is 7. The SMILES string of the molecule is CC1CCC(Nc2ncc(-c3ccc(N4CCOCC4)cc3)c(OC3CN(C(=O)O)C3)n2)CC1. The Balaban J connectivity index is 1.35. The molecule has 0 unspecified atom stereocenters. The van der Waals surface area contributed by atoms with Crippen molar-refractivity contribution >= 4 is 17.7 Å². The minimum atomic E-state index is -0.921. The van der Waals surface area contributed by atoms with E-state index in [0.717, 1.165) is 61.9 Å². The van der Waals surface area contributed by atoms with Crippen molar-refractivity contribution in [2.45, 2.75) is 44.8 Å². The van der Waals surface area contributed by atoms with E-state index in [0.29, 0.717) is 31.0 Å². The smallest absolute Gasteiger partial charge is 0.407 e. The van der Waals surface area contributed by atoms with Crippen LogP contribution in [0.5, 0.6) is 5.88 Å². The number of carbonyl (C=O) groups is 1. The Bertz CT molecular complexity index is 981. The number of benzene rings is 1. The second kappa shape index (κ2) is 10.0. The third-order valence-corrected chi connectivity index (χ3v) is 7.05. The molecule has 1 aromatic heterocycles. The van der Waals surface area contributed by atoms with Gasteiger partial charge in [0.2, 0.25) is 11.8 Å². The summed E-state index contributed by atoms with van der Waals surface area (Å²) < 4.78 is 11.6. The van der Waals surface area contributed by atoms with Gasteiger partial charge < -0.3 is 29.7 Å². The van der Waals surface area contributed by atoms with Gasteiger partial charge in [0.25, 0.3) is 0 Å². The monoisotopic (exact) mass is 467 g/mol. The van der Waals surface area contributed by atoms with Gasteiger partial charge in [-0.05, 0) is 49.3 Å². The van der Waals surface area contributed by atoms with Gasteiger partial charge >= 0.3 is 6.09 Å². The van der Waals surface area contributed by atoms with Gasteiger partial charge in [-0.25, -0.2) is 9.78 Å². The molecule has 9 heteroatoms. The van der Waals surface area contributed by atoms with Crippen molar-refractivity contribution in [2.24, 2.45) is 5.92 Å². The van der Waals surface area contributed by atoms with Crippen LogP contribution in [0.3, 0.4) is 0 Å². The summed E-state index contributed by atoms with van der Waals surface area (Å²) in [6.07, 6.45) is 5.33. The number of morpholine rings is 1.